The smallest absolute Gasteiger partial charge is 0.321 e. The van der Waals surface area contributed by atoms with Crippen molar-refractivity contribution >= 4 is 22.8 Å². The maximum Gasteiger partial charge on any atom is 0.321 e. The fourth-order valence-corrected chi connectivity index (χ4v) is 3.13. The van der Waals surface area contributed by atoms with Crippen LogP contribution in [0.4, 0.5) is 10.5 Å². The highest BCUT2D eigenvalue weighted by molar-refractivity contribution is 5.89. The van der Waals surface area contributed by atoms with Gasteiger partial charge in [0.1, 0.15) is 5.82 Å². The Kier molecular flexibility index (Phi) is 4.35. The Morgan fingerprint density at radius 3 is 2.48 bits per heavy atom. The third kappa shape index (κ3) is 3.64. The zero-order valence-corrected chi connectivity index (χ0v) is 14.0. The Morgan fingerprint density at radius 1 is 1.00 bits per heavy atom. The Labute approximate surface area is 146 Å². The van der Waals surface area contributed by atoms with Crippen LogP contribution < -0.4 is 5.32 Å². The molecule has 128 valence electrons. The number of anilines is 1. The summed E-state index contributed by atoms with van der Waals surface area (Å²) in [6.45, 7) is 3.92. The number of para-hydroxylation sites is 3. The van der Waals surface area contributed by atoms with E-state index in [0.717, 1.165) is 55.3 Å². The molecule has 0 aliphatic carbocycles. The number of nitrogens with zero attached hydrogens (tertiary/aromatic N) is 3. The molecule has 2 N–H and O–H groups in total. The lowest BCUT2D eigenvalue weighted by atomic mass is 10.3. The molecule has 0 atom stereocenters. The third-order valence-corrected chi connectivity index (χ3v) is 4.50. The second-order valence-corrected chi connectivity index (χ2v) is 6.26. The highest BCUT2D eigenvalue weighted by Gasteiger charge is 2.21. The number of imidazole rings is 1. The van der Waals surface area contributed by atoms with Crippen molar-refractivity contribution in [1.82, 2.24) is 19.8 Å². The minimum absolute atomic E-state index is 0.0328. The lowest BCUT2D eigenvalue weighted by Crippen LogP contribution is -2.49. The number of rotatable bonds is 3. The van der Waals surface area contributed by atoms with Crippen LogP contribution in [0.1, 0.15) is 5.82 Å². The number of fused-ring (bicyclic) bond motifs is 1. The monoisotopic (exact) mass is 335 g/mol. The van der Waals surface area contributed by atoms with Crippen molar-refractivity contribution in [3.8, 4) is 0 Å². The van der Waals surface area contributed by atoms with Crippen molar-refractivity contribution in [2.24, 2.45) is 0 Å². The predicted octanol–water partition coefficient (Wildman–Crippen LogP) is 2.91. The van der Waals surface area contributed by atoms with Crippen LogP contribution in [-0.4, -0.2) is 52.0 Å². The van der Waals surface area contributed by atoms with Gasteiger partial charge in [0.2, 0.25) is 0 Å². The van der Waals surface area contributed by atoms with Gasteiger partial charge in [0.25, 0.3) is 0 Å². The molecule has 4 rings (SSSR count). The van der Waals surface area contributed by atoms with E-state index in [1.54, 1.807) is 0 Å². The van der Waals surface area contributed by atoms with Crippen LogP contribution in [0.5, 0.6) is 0 Å². The molecule has 2 aromatic carbocycles. The molecule has 3 aromatic rings. The van der Waals surface area contributed by atoms with Gasteiger partial charge in [-0.1, -0.05) is 30.3 Å². The molecule has 0 bridgehead atoms. The minimum Gasteiger partial charge on any atom is -0.341 e. The van der Waals surface area contributed by atoms with Crippen LogP contribution in [0, 0.1) is 0 Å². The molecule has 6 heteroatoms. The summed E-state index contributed by atoms with van der Waals surface area (Å²) in [5.41, 5.74) is 2.90. The summed E-state index contributed by atoms with van der Waals surface area (Å²) in [4.78, 5) is 24.5. The molecule has 1 aromatic heterocycles. The summed E-state index contributed by atoms with van der Waals surface area (Å²) in [6, 6.07) is 17.6. The quantitative estimate of drug-likeness (QED) is 0.773. The molecule has 0 saturated carbocycles. The van der Waals surface area contributed by atoms with Gasteiger partial charge in [-0.15, -0.1) is 0 Å². The number of amides is 2. The zero-order chi connectivity index (χ0) is 17.1. The van der Waals surface area contributed by atoms with E-state index in [2.05, 4.69) is 20.2 Å². The van der Waals surface area contributed by atoms with Crippen molar-refractivity contribution in [1.29, 1.82) is 0 Å². The van der Waals surface area contributed by atoms with E-state index >= 15 is 0 Å². The summed E-state index contributed by atoms with van der Waals surface area (Å²) in [5.74, 6) is 0.975. The number of hydrogen-bond donors (Lipinski definition) is 2. The Hall–Kier alpha value is -2.86. The largest absolute Gasteiger partial charge is 0.341 e. The van der Waals surface area contributed by atoms with Gasteiger partial charge in [0.15, 0.2) is 0 Å². The first-order chi connectivity index (χ1) is 12.3. The summed E-state index contributed by atoms with van der Waals surface area (Å²) in [7, 11) is 0. The molecule has 1 aliphatic rings. The van der Waals surface area contributed by atoms with Gasteiger partial charge in [-0.05, 0) is 24.3 Å². The summed E-state index contributed by atoms with van der Waals surface area (Å²) < 4.78 is 0. The molecule has 25 heavy (non-hydrogen) atoms. The van der Waals surface area contributed by atoms with Crippen LogP contribution in [0.25, 0.3) is 11.0 Å². The predicted molar refractivity (Wildman–Crippen MR) is 98.4 cm³/mol. The average Bonchev–Trinajstić information content (AvgIpc) is 3.05. The van der Waals surface area contributed by atoms with Crippen molar-refractivity contribution in [3.05, 3.63) is 60.4 Å². The number of aromatic nitrogens is 2. The van der Waals surface area contributed by atoms with E-state index in [4.69, 9.17) is 0 Å². The van der Waals surface area contributed by atoms with Crippen molar-refractivity contribution in [2.45, 2.75) is 6.54 Å². The molecule has 6 nitrogen and oxygen atoms in total. The third-order valence-electron chi connectivity index (χ3n) is 4.50. The Bertz CT molecular complexity index is 819. The van der Waals surface area contributed by atoms with Crippen LogP contribution >= 0.6 is 0 Å². The normalized spacial score (nSPS) is 15.4. The molecule has 1 aliphatic heterocycles. The van der Waals surface area contributed by atoms with Gasteiger partial charge >= 0.3 is 6.03 Å². The van der Waals surface area contributed by atoms with Crippen molar-refractivity contribution in [2.75, 3.05) is 31.5 Å². The van der Waals surface area contributed by atoms with E-state index in [1.165, 1.54) is 0 Å². The number of piperazine rings is 1. The summed E-state index contributed by atoms with van der Waals surface area (Å²) in [5, 5.41) is 2.94. The number of urea groups is 1. The van der Waals surface area contributed by atoms with Gasteiger partial charge in [-0.25, -0.2) is 9.78 Å². The molecular formula is C19H21N5O. The minimum atomic E-state index is -0.0328. The summed E-state index contributed by atoms with van der Waals surface area (Å²) >= 11 is 0. The van der Waals surface area contributed by atoms with Gasteiger partial charge < -0.3 is 15.2 Å². The highest BCUT2D eigenvalue weighted by atomic mass is 16.2. The maximum atomic E-state index is 12.3. The highest BCUT2D eigenvalue weighted by Crippen LogP contribution is 2.13. The SMILES string of the molecule is O=C(Nc1ccccc1)N1CCN(Cc2nc3ccccc3[nH]2)CC1. The van der Waals surface area contributed by atoms with Crippen LogP contribution in [0.3, 0.4) is 0 Å². The van der Waals surface area contributed by atoms with Gasteiger partial charge in [0.05, 0.1) is 17.6 Å². The molecule has 1 fully saturated rings. The van der Waals surface area contributed by atoms with E-state index in [1.807, 2.05) is 59.5 Å². The second-order valence-electron chi connectivity index (χ2n) is 6.26. The van der Waals surface area contributed by atoms with Gasteiger partial charge in [-0.3, -0.25) is 4.90 Å². The molecule has 0 radical (unpaired) electrons. The van der Waals surface area contributed by atoms with Crippen LogP contribution in [-0.2, 0) is 6.54 Å². The first-order valence-electron chi connectivity index (χ1n) is 8.55. The molecular weight excluding hydrogens is 314 g/mol. The van der Waals surface area contributed by atoms with E-state index < -0.39 is 0 Å². The molecule has 1 saturated heterocycles. The zero-order valence-electron chi connectivity index (χ0n) is 14.0. The summed E-state index contributed by atoms with van der Waals surface area (Å²) in [6.07, 6.45) is 0. The van der Waals surface area contributed by atoms with Gasteiger partial charge in [-0.2, -0.15) is 0 Å². The van der Waals surface area contributed by atoms with Gasteiger partial charge in [0, 0.05) is 31.9 Å². The first kappa shape index (κ1) is 15.7. The number of nitrogens with one attached hydrogen (secondary N) is 2. The maximum absolute atomic E-state index is 12.3. The van der Waals surface area contributed by atoms with E-state index in [0.29, 0.717) is 0 Å². The number of benzene rings is 2. The van der Waals surface area contributed by atoms with E-state index in [9.17, 15) is 4.79 Å². The molecule has 0 unspecified atom stereocenters. The van der Waals surface area contributed by atoms with Crippen LogP contribution in [0.2, 0.25) is 0 Å². The van der Waals surface area contributed by atoms with E-state index in [-0.39, 0.29) is 6.03 Å². The molecule has 2 amide bonds. The number of hydrogen-bond acceptors (Lipinski definition) is 3. The lowest BCUT2D eigenvalue weighted by molar-refractivity contribution is 0.141. The fraction of sp³-hybridized carbons (Fsp3) is 0.263. The molecule has 2 heterocycles. The number of aromatic amines is 1. The fourth-order valence-electron chi connectivity index (χ4n) is 3.13. The Morgan fingerprint density at radius 2 is 1.72 bits per heavy atom. The topological polar surface area (TPSA) is 64.3 Å². The second kappa shape index (κ2) is 6.94. The van der Waals surface area contributed by atoms with Crippen molar-refractivity contribution < 1.29 is 4.79 Å². The lowest BCUT2D eigenvalue weighted by Gasteiger charge is -2.34. The number of H-pyrrole nitrogens is 1. The molecule has 0 spiro atoms. The first-order valence-corrected chi connectivity index (χ1v) is 8.55. The van der Waals surface area contributed by atoms with Crippen molar-refractivity contribution in [3.63, 3.8) is 0 Å². The van der Waals surface area contributed by atoms with Crippen LogP contribution in [0.15, 0.2) is 54.6 Å². The standard InChI is InChI=1S/C19H21N5O/c25-19(20-15-6-2-1-3-7-15)24-12-10-23(11-13-24)14-18-21-16-8-4-5-9-17(16)22-18/h1-9H,10-14H2,(H,20,25)(H,21,22). The number of carbonyl (C=O) groups is 1. The average molecular weight is 335 g/mol. The number of carbonyl (C=O) groups excluding carboxylic acids is 1. The Balaban J connectivity index is 1.31.